The molecule has 1 amide bonds. The third-order valence-corrected chi connectivity index (χ3v) is 7.84. The summed E-state index contributed by atoms with van der Waals surface area (Å²) in [5.74, 6) is 2.73. The number of benzene rings is 1. The first-order valence-corrected chi connectivity index (χ1v) is 11.1. The van der Waals surface area contributed by atoms with Crippen molar-refractivity contribution in [2.75, 3.05) is 20.2 Å². The molecule has 0 aromatic heterocycles. The van der Waals surface area contributed by atoms with Crippen molar-refractivity contribution in [2.24, 2.45) is 11.3 Å². The second kappa shape index (κ2) is 6.48. The van der Waals surface area contributed by atoms with E-state index in [0.29, 0.717) is 24.2 Å². The highest BCUT2D eigenvalue weighted by molar-refractivity contribution is 5.81. The largest absolute Gasteiger partial charge is 0.497 e. The predicted molar refractivity (Wildman–Crippen MR) is 109 cm³/mol. The number of hydrogen-bond donors (Lipinski definition) is 1. The monoisotopic (exact) mass is 383 g/mol. The number of likely N-dealkylation sites (tertiary alicyclic amines) is 1. The van der Waals surface area contributed by atoms with Crippen LogP contribution >= 0.6 is 0 Å². The lowest BCUT2D eigenvalue weighted by Gasteiger charge is -2.55. The van der Waals surface area contributed by atoms with Gasteiger partial charge in [0, 0.05) is 24.4 Å². The third kappa shape index (κ3) is 3.34. The number of nitrogens with zero attached hydrogens (tertiary/aromatic N) is 1. The Hall–Kier alpha value is -1.55. The van der Waals surface area contributed by atoms with E-state index < -0.39 is 5.60 Å². The van der Waals surface area contributed by atoms with Gasteiger partial charge in [-0.25, -0.2) is 0 Å². The van der Waals surface area contributed by atoms with Gasteiger partial charge in [-0.15, -0.1) is 0 Å². The van der Waals surface area contributed by atoms with Crippen LogP contribution in [0.4, 0.5) is 0 Å². The number of hydrogen-bond acceptors (Lipinski definition) is 3. The fraction of sp³-hybridized carbons (Fsp3) is 0.708. The fourth-order valence-electron chi connectivity index (χ4n) is 5.89. The topological polar surface area (TPSA) is 49.8 Å². The number of ether oxygens (including phenoxy) is 1. The lowest BCUT2D eigenvalue weighted by atomic mass is 9.63. The van der Waals surface area contributed by atoms with E-state index >= 15 is 0 Å². The standard InChI is InChI=1S/C24H33NO3/c1-23(27)12-20(13-23)22(26)25-14-24(15-25)7-5-17(6-8-24)19-9-18(16-3-4-16)10-21(11-19)28-2/h9-11,16-17,20,27H,3-8,12-15H2,1-2H3. The maximum absolute atomic E-state index is 12.6. The van der Waals surface area contributed by atoms with Crippen LogP contribution < -0.4 is 4.74 Å². The molecule has 1 heterocycles. The molecule has 0 atom stereocenters. The third-order valence-electron chi connectivity index (χ3n) is 7.84. The van der Waals surface area contributed by atoms with Crippen molar-refractivity contribution < 1.29 is 14.6 Å². The van der Waals surface area contributed by atoms with Gasteiger partial charge in [0.25, 0.3) is 0 Å². The van der Waals surface area contributed by atoms with Crippen molar-refractivity contribution >= 4 is 5.91 Å². The lowest BCUT2D eigenvalue weighted by molar-refractivity contribution is -0.163. The molecule has 1 aliphatic heterocycles. The van der Waals surface area contributed by atoms with Gasteiger partial charge < -0.3 is 14.7 Å². The van der Waals surface area contributed by atoms with Crippen molar-refractivity contribution in [3.8, 4) is 5.75 Å². The summed E-state index contributed by atoms with van der Waals surface area (Å²) in [6.07, 6.45) is 8.79. The first-order chi connectivity index (χ1) is 13.4. The smallest absolute Gasteiger partial charge is 0.225 e. The van der Waals surface area contributed by atoms with Crippen LogP contribution in [-0.4, -0.2) is 41.7 Å². The first-order valence-electron chi connectivity index (χ1n) is 11.1. The molecule has 4 fully saturated rings. The van der Waals surface area contributed by atoms with E-state index in [-0.39, 0.29) is 11.8 Å². The summed E-state index contributed by atoms with van der Waals surface area (Å²) in [4.78, 5) is 14.6. The highest BCUT2D eigenvalue weighted by Crippen LogP contribution is 2.51. The fourth-order valence-corrected chi connectivity index (χ4v) is 5.89. The van der Waals surface area contributed by atoms with E-state index in [1.807, 2.05) is 6.92 Å². The van der Waals surface area contributed by atoms with Crippen molar-refractivity contribution in [3.63, 3.8) is 0 Å². The van der Waals surface area contributed by atoms with E-state index in [9.17, 15) is 9.90 Å². The molecule has 4 heteroatoms. The average Bonchev–Trinajstić information content (AvgIpc) is 3.48. The minimum Gasteiger partial charge on any atom is -0.497 e. The van der Waals surface area contributed by atoms with Crippen LogP contribution in [0.15, 0.2) is 18.2 Å². The van der Waals surface area contributed by atoms with E-state index in [0.717, 1.165) is 24.8 Å². The molecule has 3 aliphatic carbocycles. The predicted octanol–water partition coefficient (Wildman–Crippen LogP) is 4.22. The number of carbonyl (C=O) groups is 1. The van der Waals surface area contributed by atoms with Crippen molar-refractivity contribution in [1.29, 1.82) is 0 Å². The van der Waals surface area contributed by atoms with Gasteiger partial charge in [-0.05, 0) is 93.4 Å². The van der Waals surface area contributed by atoms with Crippen LogP contribution in [0.1, 0.15) is 81.3 Å². The molecule has 1 saturated heterocycles. The molecule has 0 unspecified atom stereocenters. The minimum absolute atomic E-state index is 0.0568. The maximum atomic E-state index is 12.6. The molecule has 1 N–H and O–H groups in total. The van der Waals surface area contributed by atoms with Crippen molar-refractivity contribution in [3.05, 3.63) is 29.3 Å². The number of methoxy groups -OCH3 is 1. The molecule has 1 aromatic rings. The summed E-state index contributed by atoms with van der Waals surface area (Å²) in [5.41, 5.74) is 2.67. The van der Waals surface area contributed by atoms with Crippen LogP contribution in [0.5, 0.6) is 5.75 Å². The molecule has 5 rings (SSSR count). The molecule has 0 radical (unpaired) electrons. The molecule has 28 heavy (non-hydrogen) atoms. The molecular formula is C24H33NO3. The van der Waals surface area contributed by atoms with Gasteiger partial charge in [-0.2, -0.15) is 0 Å². The van der Waals surface area contributed by atoms with Crippen LogP contribution in [0.2, 0.25) is 0 Å². The first kappa shape index (κ1) is 18.5. The molecule has 1 spiro atoms. The summed E-state index contributed by atoms with van der Waals surface area (Å²) < 4.78 is 5.57. The van der Waals surface area contributed by atoms with E-state index in [2.05, 4.69) is 23.1 Å². The maximum Gasteiger partial charge on any atom is 0.225 e. The van der Waals surface area contributed by atoms with E-state index in [4.69, 9.17) is 4.74 Å². The molecule has 152 valence electrons. The second-order valence-corrected chi connectivity index (χ2v) is 10.4. The molecule has 0 bridgehead atoms. The Bertz CT molecular complexity index is 758. The van der Waals surface area contributed by atoms with Gasteiger partial charge in [0.1, 0.15) is 5.75 Å². The highest BCUT2D eigenvalue weighted by atomic mass is 16.5. The zero-order valence-corrected chi connectivity index (χ0v) is 17.2. The quantitative estimate of drug-likeness (QED) is 0.847. The number of aliphatic hydroxyl groups is 1. The molecule has 4 aliphatic rings. The average molecular weight is 384 g/mol. The zero-order chi connectivity index (χ0) is 19.5. The van der Waals surface area contributed by atoms with E-state index in [1.165, 1.54) is 49.7 Å². The van der Waals surface area contributed by atoms with Gasteiger partial charge in [0.15, 0.2) is 0 Å². The molecule has 4 nitrogen and oxygen atoms in total. The number of amides is 1. The summed E-state index contributed by atoms with van der Waals surface area (Å²) in [6.45, 7) is 3.70. The lowest BCUT2D eigenvalue weighted by Crippen LogP contribution is -2.62. The SMILES string of the molecule is COc1cc(C2CC2)cc(C2CCC3(CC2)CN(C(=O)C2CC(C)(O)C2)C3)c1. The number of rotatable bonds is 4. The van der Waals surface area contributed by atoms with Gasteiger partial charge in [-0.1, -0.05) is 6.07 Å². The normalized spacial score (nSPS) is 32.0. The van der Waals surface area contributed by atoms with Crippen LogP contribution in [0.3, 0.4) is 0 Å². The summed E-state index contributed by atoms with van der Waals surface area (Å²) >= 11 is 0. The van der Waals surface area contributed by atoms with Crippen molar-refractivity contribution in [2.45, 2.75) is 75.7 Å². The minimum atomic E-state index is -0.614. The van der Waals surface area contributed by atoms with Crippen molar-refractivity contribution in [1.82, 2.24) is 4.90 Å². The van der Waals surface area contributed by atoms with Gasteiger partial charge in [0.2, 0.25) is 5.91 Å². The Morgan fingerprint density at radius 1 is 1.04 bits per heavy atom. The molecular weight excluding hydrogens is 350 g/mol. The number of carbonyl (C=O) groups excluding carboxylic acids is 1. The van der Waals surface area contributed by atoms with Crippen LogP contribution in [-0.2, 0) is 4.79 Å². The van der Waals surface area contributed by atoms with Gasteiger partial charge >= 0.3 is 0 Å². The second-order valence-electron chi connectivity index (χ2n) is 10.4. The summed E-state index contributed by atoms with van der Waals surface area (Å²) in [6, 6.07) is 6.90. The Labute approximate surface area is 168 Å². The Morgan fingerprint density at radius 2 is 1.61 bits per heavy atom. The van der Waals surface area contributed by atoms with Gasteiger partial charge in [0.05, 0.1) is 12.7 Å². The summed E-state index contributed by atoms with van der Waals surface area (Å²) in [7, 11) is 1.77. The molecule has 3 saturated carbocycles. The van der Waals surface area contributed by atoms with E-state index in [1.54, 1.807) is 7.11 Å². The molecule has 1 aromatic carbocycles. The van der Waals surface area contributed by atoms with Gasteiger partial charge in [-0.3, -0.25) is 4.79 Å². The summed E-state index contributed by atoms with van der Waals surface area (Å²) in [5, 5.41) is 9.90. The van der Waals surface area contributed by atoms with Crippen LogP contribution in [0.25, 0.3) is 0 Å². The Kier molecular flexibility index (Phi) is 4.28. The zero-order valence-electron chi connectivity index (χ0n) is 17.2. The van der Waals surface area contributed by atoms with Crippen LogP contribution in [0, 0.1) is 11.3 Å². The Balaban J connectivity index is 1.18. The highest BCUT2D eigenvalue weighted by Gasteiger charge is 2.51. The Morgan fingerprint density at radius 3 is 2.11 bits per heavy atom.